The molecule has 0 saturated carbocycles. The number of hydrogen-bond donors (Lipinski definition) is 2. The lowest BCUT2D eigenvalue weighted by Gasteiger charge is -2.15. The summed E-state index contributed by atoms with van der Waals surface area (Å²) in [7, 11) is 0. The van der Waals surface area contributed by atoms with Crippen LogP contribution in [0.15, 0.2) is 91.0 Å². The Hall–Kier alpha value is -4.53. The van der Waals surface area contributed by atoms with Crippen LogP contribution in [0.5, 0.6) is 11.5 Å². The number of amides is 1. The topological polar surface area (TPSA) is 84.9 Å². The summed E-state index contributed by atoms with van der Waals surface area (Å²) in [6.07, 6.45) is -4.62. The van der Waals surface area contributed by atoms with Crippen LogP contribution in [0.3, 0.4) is 0 Å². The second kappa shape index (κ2) is 11.0. The van der Waals surface area contributed by atoms with Crippen molar-refractivity contribution in [3.63, 3.8) is 0 Å². The quantitative estimate of drug-likeness (QED) is 0.301. The molecule has 190 valence electrons. The Balaban J connectivity index is 1.42. The molecule has 0 fully saturated rings. The Kier molecular flexibility index (Phi) is 7.62. The molecule has 1 unspecified atom stereocenters. The second-order valence-electron chi connectivity index (χ2n) is 8.26. The van der Waals surface area contributed by atoms with Gasteiger partial charge in [-0.2, -0.15) is 0 Å². The van der Waals surface area contributed by atoms with Gasteiger partial charge in [0.05, 0.1) is 0 Å². The van der Waals surface area contributed by atoms with E-state index in [1.807, 2.05) is 6.07 Å². The van der Waals surface area contributed by atoms with Crippen molar-refractivity contribution in [2.45, 2.75) is 25.4 Å². The monoisotopic (exact) mass is 509 g/mol. The smallest absolute Gasteiger partial charge is 0.489 e. The lowest BCUT2D eigenvalue weighted by atomic mass is 10.0. The summed E-state index contributed by atoms with van der Waals surface area (Å²) in [6.45, 7) is 0.0268. The molecule has 37 heavy (non-hydrogen) atoms. The van der Waals surface area contributed by atoms with Crippen molar-refractivity contribution >= 4 is 22.6 Å². The maximum atomic E-state index is 12.8. The zero-order valence-electron chi connectivity index (χ0n) is 19.4. The van der Waals surface area contributed by atoms with Gasteiger partial charge in [0.2, 0.25) is 0 Å². The Morgan fingerprint density at radius 2 is 1.51 bits per heavy atom. The van der Waals surface area contributed by atoms with E-state index in [4.69, 9.17) is 4.74 Å². The van der Waals surface area contributed by atoms with Crippen molar-refractivity contribution in [3.8, 4) is 11.5 Å². The third-order valence-corrected chi connectivity index (χ3v) is 5.50. The maximum absolute atomic E-state index is 12.8. The molecule has 4 rings (SSSR count). The molecule has 1 atom stereocenters. The van der Waals surface area contributed by atoms with E-state index in [1.54, 1.807) is 66.7 Å². The van der Waals surface area contributed by atoms with Crippen molar-refractivity contribution in [1.29, 1.82) is 0 Å². The summed E-state index contributed by atoms with van der Waals surface area (Å²) in [5, 5.41) is 13.6. The summed E-state index contributed by atoms with van der Waals surface area (Å²) in [5.74, 6) is -1.48. The van der Waals surface area contributed by atoms with Gasteiger partial charge in [-0.3, -0.25) is 4.79 Å². The Morgan fingerprint density at radius 3 is 2.24 bits per heavy atom. The van der Waals surface area contributed by atoms with E-state index in [9.17, 15) is 27.9 Å². The van der Waals surface area contributed by atoms with Gasteiger partial charge in [0.15, 0.2) is 0 Å². The number of ether oxygens (including phenoxy) is 2. The third-order valence-electron chi connectivity index (χ3n) is 5.50. The van der Waals surface area contributed by atoms with Crippen LogP contribution in [0.4, 0.5) is 13.2 Å². The highest BCUT2D eigenvalue weighted by Crippen LogP contribution is 2.26. The zero-order chi connectivity index (χ0) is 26.4. The van der Waals surface area contributed by atoms with Crippen LogP contribution < -0.4 is 14.8 Å². The number of carbonyl (C=O) groups excluding carboxylic acids is 1. The van der Waals surface area contributed by atoms with E-state index in [-0.39, 0.29) is 18.8 Å². The summed E-state index contributed by atoms with van der Waals surface area (Å²) in [4.78, 5) is 24.4. The van der Waals surface area contributed by atoms with E-state index >= 15 is 0 Å². The normalized spacial score (nSPS) is 12.1. The van der Waals surface area contributed by atoms with Gasteiger partial charge in [0.1, 0.15) is 24.1 Å². The van der Waals surface area contributed by atoms with Crippen molar-refractivity contribution < 1.29 is 37.3 Å². The number of carboxylic acid groups (broad SMARTS) is 1. The number of halogens is 3. The molecule has 9 heteroatoms. The minimum absolute atomic E-state index is 0.0268. The summed E-state index contributed by atoms with van der Waals surface area (Å²) >= 11 is 0. The predicted molar refractivity (Wildman–Crippen MR) is 130 cm³/mol. The SMILES string of the molecule is O=C(NC(Cc1ccccc1)C(=O)O)c1ccc2cc(OCc3cccc(OC(F)(F)F)c3)ccc2c1. The third kappa shape index (κ3) is 7.23. The Bertz CT molecular complexity index is 1410. The molecular formula is C28H22F3NO5. The Morgan fingerprint density at radius 1 is 0.811 bits per heavy atom. The molecule has 4 aromatic carbocycles. The second-order valence-corrected chi connectivity index (χ2v) is 8.26. The first kappa shape index (κ1) is 25.6. The maximum Gasteiger partial charge on any atom is 0.573 e. The molecule has 4 aromatic rings. The number of rotatable bonds is 9. The first-order valence-corrected chi connectivity index (χ1v) is 11.3. The fourth-order valence-electron chi connectivity index (χ4n) is 3.75. The minimum Gasteiger partial charge on any atom is -0.489 e. The van der Waals surface area contributed by atoms with E-state index in [0.717, 1.165) is 16.3 Å². The van der Waals surface area contributed by atoms with Crippen LogP contribution >= 0.6 is 0 Å². The van der Waals surface area contributed by atoms with Crippen LogP contribution in [0.25, 0.3) is 10.8 Å². The number of aliphatic carboxylic acids is 1. The highest BCUT2D eigenvalue weighted by Gasteiger charge is 2.31. The molecule has 0 heterocycles. The molecule has 0 aliphatic rings. The predicted octanol–water partition coefficient (Wildman–Crippen LogP) is 5.74. The molecule has 2 N–H and O–H groups in total. The lowest BCUT2D eigenvalue weighted by molar-refractivity contribution is -0.274. The molecule has 0 bridgehead atoms. The number of hydrogen-bond acceptors (Lipinski definition) is 4. The van der Waals surface area contributed by atoms with Gasteiger partial charge in [-0.1, -0.05) is 54.6 Å². The number of benzene rings is 4. The molecule has 0 spiro atoms. The minimum atomic E-state index is -4.77. The van der Waals surface area contributed by atoms with Crippen LogP contribution in [0.1, 0.15) is 21.5 Å². The van der Waals surface area contributed by atoms with E-state index in [2.05, 4.69) is 10.1 Å². The van der Waals surface area contributed by atoms with Crippen molar-refractivity contribution in [2.24, 2.45) is 0 Å². The Labute approximate surface area is 210 Å². The van der Waals surface area contributed by atoms with Gasteiger partial charge in [0, 0.05) is 12.0 Å². The summed E-state index contributed by atoms with van der Waals surface area (Å²) in [6, 6.07) is 23.6. The molecule has 0 saturated heterocycles. The average molecular weight is 509 g/mol. The van der Waals surface area contributed by atoms with Crippen LogP contribution in [-0.2, 0) is 17.8 Å². The number of nitrogens with one attached hydrogen (secondary N) is 1. The van der Waals surface area contributed by atoms with Gasteiger partial charge >= 0.3 is 12.3 Å². The zero-order valence-corrected chi connectivity index (χ0v) is 19.4. The van der Waals surface area contributed by atoms with Crippen molar-refractivity contribution in [3.05, 3.63) is 108 Å². The van der Waals surface area contributed by atoms with Crippen molar-refractivity contribution in [1.82, 2.24) is 5.32 Å². The van der Waals surface area contributed by atoms with Gasteiger partial charge in [0.25, 0.3) is 5.91 Å². The number of carboxylic acids is 1. The van der Waals surface area contributed by atoms with Gasteiger partial charge in [-0.05, 0) is 58.3 Å². The molecule has 6 nitrogen and oxygen atoms in total. The first-order valence-electron chi connectivity index (χ1n) is 11.3. The number of alkyl halides is 3. The van der Waals surface area contributed by atoms with E-state index < -0.39 is 24.3 Å². The highest BCUT2D eigenvalue weighted by molar-refractivity contribution is 6.00. The van der Waals surface area contributed by atoms with Gasteiger partial charge < -0.3 is 19.9 Å². The molecule has 0 radical (unpaired) electrons. The highest BCUT2D eigenvalue weighted by atomic mass is 19.4. The fourth-order valence-corrected chi connectivity index (χ4v) is 3.75. The lowest BCUT2D eigenvalue weighted by Crippen LogP contribution is -2.42. The number of carbonyl (C=O) groups is 2. The summed E-state index contributed by atoms with van der Waals surface area (Å²) in [5.41, 5.74) is 1.60. The van der Waals surface area contributed by atoms with E-state index in [1.165, 1.54) is 18.2 Å². The van der Waals surface area contributed by atoms with Crippen LogP contribution in [-0.4, -0.2) is 29.4 Å². The van der Waals surface area contributed by atoms with Gasteiger partial charge in [-0.25, -0.2) is 4.79 Å². The molecule has 0 aliphatic carbocycles. The first-order chi connectivity index (χ1) is 17.7. The van der Waals surface area contributed by atoms with Gasteiger partial charge in [-0.15, -0.1) is 13.2 Å². The molecular weight excluding hydrogens is 487 g/mol. The van der Waals surface area contributed by atoms with E-state index in [0.29, 0.717) is 16.9 Å². The van der Waals surface area contributed by atoms with Crippen molar-refractivity contribution in [2.75, 3.05) is 0 Å². The fraction of sp³-hybridized carbons (Fsp3) is 0.143. The number of fused-ring (bicyclic) bond motifs is 1. The molecule has 1 amide bonds. The standard InChI is InChI=1S/C28H22F3NO5/c29-28(30,31)37-24-8-4-7-19(13-24)17-36-23-12-11-20-15-22(10-9-21(20)16-23)26(33)32-25(27(34)35)14-18-5-2-1-3-6-18/h1-13,15-16,25H,14,17H2,(H,32,33)(H,34,35). The van der Waals surface area contributed by atoms with Crippen LogP contribution in [0.2, 0.25) is 0 Å². The molecule has 0 aromatic heterocycles. The largest absolute Gasteiger partial charge is 0.573 e. The molecule has 0 aliphatic heterocycles. The van der Waals surface area contributed by atoms with Crippen LogP contribution in [0, 0.1) is 0 Å². The average Bonchev–Trinajstić information content (AvgIpc) is 2.86. The summed E-state index contributed by atoms with van der Waals surface area (Å²) < 4.78 is 46.9.